The Kier molecular flexibility index (Phi) is 2.89. The summed E-state index contributed by atoms with van der Waals surface area (Å²) in [4.78, 5) is 0. The molecular weight excluding hydrogens is 162 g/mol. The Morgan fingerprint density at radius 1 is 1.08 bits per heavy atom. The van der Waals surface area contributed by atoms with E-state index in [-0.39, 0.29) is 5.60 Å². The monoisotopic (exact) mass is 183 g/mol. The quantitative estimate of drug-likeness (QED) is 0.654. The molecule has 0 atom stereocenters. The van der Waals surface area contributed by atoms with E-state index in [0.717, 1.165) is 25.4 Å². The van der Waals surface area contributed by atoms with Crippen LogP contribution in [0.5, 0.6) is 0 Å². The van der Waals surface area contributed by atoms with Crippen molar-refractivity contribution in [2.24, 2.45) is 0 Å². The van der Waals surface area contributed by atoms with Crippen molar-refractivity contribution < 1.29 is 5.11 Å². The van der Waals surface area contributed by atoms with Gasteiger partial charge < -0.3 is 10.4 Å². The Bertz CT molecular complexity index is 157. The molecule has 0 radical (unpaired) electrons. The first-order valence-electron chi connectivity index (χ1n) is 5.74. The summed E-state index contributed by atoms with van der Waals surface area (Å²) in [5.41, 5.74) is -0.376. The van der Waals surface area contributed by atoms with Crippen LogP contribution < -0.4 is 5.32 Å². The van der Waals surface area contributed by atoms with Gasteiger partial charge in [-0.2, -0.15) is 0 Å². The zero-order valence-corrected chi connectivity index (χ0v) is 8.39. The van der Waals surface area contributed by atoms with Gasteiger partial charge in [-0.3, -0.25) is 0 Å². The lowest BCUT2D eigenvalue weighted by atomic mass is 9.94. The van der Waals surface area contributed by atoms with Crippen LogP contribution in [0.3, 0.4) is 0 Å². The molecule has 0 aromatic rings. The second kappa shape index (κ2) is 3.97. The van der Waals surface area contributed by atoms with Gasteiger partial charge in [-0.1, -0.05) is 25.7 Å². The average Bonchev–Trinajstić information content (AvgIpc) is 2.89. The molecule has 0 spiro atoms. The van der Waals surface area contributed by atoms with E-state index in [1.807, 2.05) is 0 Å². The van der Waals surface area contributed by atoms with Crippen molar-refractivity contribution in [3.05, 3.63) is 0 Å². The Balaban J connectivity index is 1.76. The molecule has 0 aliphatic heterocycles. The summed E-state index contributed by atoms with van der Waals surface area (Å²) in [5, 5.41) is 13.7. The van der Waals surface area contributed by atoms with Gasteiger partial charge in [0.05, 0.1) is 5.60 Å². The van der Waals surface area contributed by atoms with Crippen LogP contribution in [-0.2, 0) is 0 Å². The molecule has 2 aliphatic rings. The predicted molar refractivity (Wildman–Crippen MR) is 53.7 cm³/mol. The molecule has 2 heteroatoms. The van der Waals surface area contributed by atoms with Gasteiger partial charge in [-0.05, 0) is 25.7 Å². The summed E-state index contributed by atoms with van der Waals surface area (Å²) >= 11 is 0. The van der Waals surface area contributed by atoms with Crippen LogP contribution in [0.15, 0.2) is 0 Å². The van der Waals surface area contributed by atoms with E-state index in [1.165, 1.54) is 38.5 Å². The van der Waals surface area contributed by atoms with E-state index in [9.17, 15) is 5.11 Å². The van der Waals surface area contributed by atoms with Crippen molar-refractivity contribution in [2.75, 3.05) is 6.54 Å². The first kappa shape index (κ1) is 9.47. The van der Waals surface area contributed by atoms with Crippen molar-refractivity contribution in [1.82, 2.24) is 5.32 Å². The van der Waals surface area contributed by atoms with E-state index in [4.69, 9.17) is 0 Å². The van der Waals surface area contributed by atoms with Crippen LogP contribution in [0, 0.1) is 0 Å². The molecule has 0 aromatic carbocycles. The fraction of sp³-hybridized carbons (Fsp3) is 1.00. The molecule has 0 heterocycles. The second-order valence-electron chi connectivity index (χ2n) is 4.79. The Morgan fingerprint density at radius 2 is 1.69 bits per heavy atom. The number of hydrogen-bond donors (Lipinski definition) is 2. The van der Waals surface area contributed by atoms with Crippen molar-refractivity contribution in [1.29, 1.82) is 0 Å². The fourth-order valence-electron chi connectivity index (χ4n) is 2.19. The molecule has 0 unspecified atom stereocenters. The highest BCUT2D eigenvalue weighted by Crippen LogP contribution is 2.27. The molecule has 2 rings (SSSR count). The summed E-state index contributed by atoms with van der Waals surface area (Å²) in [6, 6.07) is 0.729. The lowest BCUT2D eigenvalue weighted by molar-refractivity contribution is 0.0250. The summed E-state index contributed by atoms with van der Waals surface area (Å²) in [6.07, 6.45) is 9.69. The minimum absolute atomic E-state index is 0.376. The first-order valence-corrected chi connectivity index (χ1v) is 5.74. The molecule has 2 fully saturated rings. The normalized spacial score (nSPS) is 28.4. The van der Waals surface area contributed by atoms with Crippen molar-refractivity contribution in [3.8, 4) is 0 Å². The van der Waals surface area contributed by atoms with Crippen LogP contribution in [0.25, 0.3) is 0 Å². The first-order chi connectivity index (χ1) is 6.29. The van der Waals surface area contributed by atoms with Gasteiger partial charge in [0.15, 0.2) is 0 Å². The molecule has 2 N–H and O–H groups in total. The van der Waals surface area contributed by atoms with Gasteiger partial charge in [0.2, 0.25) is 0 Å². The molecule has 0 bridgehead atoms. The van der Waals surface area contributed by atoms with Gasteiger partial charge in [0.1, 0.15) is 0 Å². The third kappa shape index (κ3) is 2.96. The molecule has 76 valence electrons. The van der Waals surface area contributed by atoms with E-state index >= 15 is 0 Å². The van der Waals surface area contributed by atoms with Gasteiger partial charge in [0.25, 0.3) is 0 Å². The van der Waals surface area contributed by atoms with E-state index in [0.29, 0.717) is 0 Å². The number of hydrogen-bond acceptors (Lipinski definition) is 2. The third-order valence-electron chi connectivity index (χ3n) is 3.33. The molecule has 2 aliphatic carbocycles. The Hall–Kier alpha value is -0.0800. The van der Waals surface area contributed by atoms with Crippen LogP contribution >= 0.6 is 0 Å². The average molecular weight is 183 g/mol. The lowest BCUT2D eigenvalue weighted by Gasteiger charge is -2.26. The molecule has 13 heavy (non-hydrogen) atoms. The number of rotatable bonds is 3. The highest BCUT2D eigenvalue weighted by atomic mass is 16.3. The summed E-state index contributed by atoms with van der Waals surface area (Å²) in [7, 11) is 0. The van der Waals surface area contributed by atoms with Crippen LogP contribution in [0.1, 0.15) is 51.4 Å². The maximum Gasteiger partial charge on any atom is 0.0771 e. The second-order valence-corrected chi connectivity index (χ2v) is 4.79. The third-order valence-corrected chi connectivity index (χ3v) is 3.33. The van der Waals surface area contributed by atoms with Gasteiger partial charge in [-0.25, -0.2) is 0 Å². The molecular formula is C11H21NO. The van der Waals surface area contributed by atoms with Crippen molar-refractivity contribution >= 4 is 0 Å². The summed E-state index contributed by atoms with van der Waals surface area (Å²) in [6.45, 7) is 0.831. The molecule has 0 amide bonds. The van der Waals surface area contributed by atoms with Gasteiger partial charge in [0, 0.05) is 12.6 Å². The topological polar surface area (TPSA) is 32.3 Å². The SMILES string of the molecule is OC1(CNC2CC2)CCCCCC1. The Labute approximate surface area is 80.7 Å². The molecule has 0 saturated heterocycles. The zero-order valence-electron chi connectivity index (χ0n) is 8.39. The standard InChI is InChI=1S/C11H21NO/c13-11(9-12-10-5-6-10)7-3-1-2-4-8-11/h10,12-13H,1-9H2. The van der Waals surface area contributed by atoms with Crippen molar-refractivity contribution in [3.63, 3.8) is 0 Å². The van der Waals surface area contributed by atoms with Gasteiger partial charge in [-0.15, -0.1) is 0 Å². The predicted octanol–water partition coefficient (Wildman–Crippen LogP) is 1.82. The smallest absolute Gasteiger partial charge is 0.0771 e. The lowest BCUT2D eigenvalue weighted by Crippen LogP contribution is -2.40. The highest BCUT2D eigenvalue weighted by Gasteiger charge is 2.30. The minimum atomic E-state index is -0.376. The van der Waals surface area contributed by atoms with E-state index in [1.54, 1.807) is 0 Å². The summed E-state index contributed by atoms with van der Waals surface area (Å²) in [5.74, 6) is 0. The van der Waals surface area contributed by atoms with Crippen LogP contribution in [-0.4, -0.2) is 23.3 Å². The molecule has 0 aromatic heterocycles. The number of nitrogens with one attached hydrogen (secondary N) is 1. The maximum absolute atomic E-state index is 10.3. The van der Waals surface area contributed by atoms with Crippen LogP contribution in [0.4, 0.5) is 0 Å². The van der Waals surface area contributed by atoms with Crippen LogP contribution in [0.2, 0.25) is 0 Å². The van der Waals surface area contributed by atoms with Crippen molar-refractivity contribution in [2.45, 2.75) is 63.0 Å². The maximum atomic E-state index is 10.3. The van der Waals surface area contributed by atoms with Gasteiger partial charge >= 0.3 is 0 Å². The molecule has 2 saturated carbocycles. The highest BCUT2D eigenvalue weighted by molar-refractivity contribution is 4.88. The molecule has 2 nitrogen and oxygen atoms in total. The fourth-order valence-corrected chi connectivity index (χ4v) is 2.19. The number of aliphatic hydroxyl groups is 1. The van der Waals surface area contributed by atoms with E-state index in [2.05, 4.69) is 5.32 Å². The Morgan fingerprint density at radius 3 is 2.23 bits per heavy atom. The summed E-state index contributed by atoms with van der Waals surface area (Å²) < 4.78 is 0. The van der Waals surface area contributed by atoms with E-state index < -0.39 is 0 Å². The zero-order chi connectivity index (χ0) is 9.15. The minimum Gasteiger partial charge on any atom is -0.389 e. The largest absolute Gasteiger partial charge is 0.389 e.